The van der Waals surface area contributed by atoms with Crippen LogP contribution in [-0.4, -0.2) is 4.92 Å². The summed E-state index contributed by atoms with van der Waals surface area (Å²) < 4.78 is 6.67. The maximum atomic E-state index is 10.6. The molecule has 1 aromatic carbocycles. The van der Waals surface area contributed by atoms with Crippen LogP contribution in [0.2, 0.25) is 0 Å². The van der Waals surface area contributed by atoms with Crippen LogP contribution < -0.4 is 4.74 Å². The van der Waals surface area contributed by atoms with Crippen LogP contribution in [-0.2, 0) is 6.61 Å². The van der Waals surface area contributed by atoms with Crippen molar-refractivity contribution < 1.29 is 9.66 Å². The molecule has 0 unspecified atom stereocenters. The summed E-state index contributed by atoms with van der Waals surface area (Å²) in [5.41, 5.74) is 0.842. The average molecular weight is 328 g/mol. The number of rotatable bonds is 4. The Bertz CT molecular complexity index is 582. The van der Waals surface area contributed by atoms with Gasteiger partial charge < -0.3 is 4.74 Å². The van der Waals surface area contributed by atoms with Gasteiger partial charge in [-0.1, -0.05) is 0 Å². The molecule has 0 saturated carbocycles. The molecule has 0 aliphatic carbocycles. The van der Waals surface area contributed by atoms with Gasteiger partial charge in [-0.05, 0) is 45.9 Å². The molecule has 0 aliphatic rings. The molecule has 0 bridgehead atoms. The number of non-ortho nitro benzene ring substituents is 1. The second-order valence-corrected chi connectivity index (χ2v) is 5.54. The van der Waals surface area contributed by atoms with Gasteiger partial charge in [0.05, 0.1) is 9.80 Å². The highest BCUT2D eigenvalue weighted by Gasteiger charge is 2.09. The summed E-state index contributed by atoms with van der Waals surface area (Å²) in [7, 11) is 0. The first kappa shape index (κ1) is 13.0. The Balaban J connectivity index is 2.11. The highest BCUT2D eigenvalue weighted by atomic mass is 79.9. The number of nitro benzene ring substituents is 1. The van der Waals surface area contributed by atoms with Crippen LogP contribution in [0.1, 0.15) is 10.4 Å². The summed E-state index contributed by atoms with van der Waals surface area (Å²) in [6.07, 6.45) is 0. The van der Waals surface area contributed by atoms with E-state index in [1.54, 1.807) is 24.3 Å². The molecule has 2 rings (SSSR count). The van der Waals surface area contributed by atoms with Crippen LogP contribution >= 0.6 is 27.3 Å². The number of benzene rings is 1. The van der Waals surface area contributed by atoms with Crippen molar-refractivity contribution in [2.75, 3.05) is 0 Å². The SMILES string of the molecule is Cc1cc([N+](=O)[O-])ccc1OCc1sccc1Br. The number of nitrogens with zero attached hydrogens (tertiary/aromatic N) is 1. The number of thiophene rings is 1. The molecule has 1 heterocycles. The summed E-state index contributed by atoms with van der Waals surface area (Å²) in [5.74, 6) is 0.668. The summed E-state index contributed by atoms with van der Waals surface area (Å²) in [6, 6.07) is 6.56. The molecule has 0 spiro atoms. The zero-order valence-electron chi connectivity index (χ0n) is 9.55. The number of nitro groups is 1. The van der Waals surface area contributed by atoms with Crippen molar-refractivity contribution in [1.82, 2.24) is 0 Å². The van der Waals surface area contributed by atoms with Crippen molar-refractivity contribution in [2.24, 2.45) is 0 Å². The lowest BCUT2D eigenvalue weighted by Gasteiger charge is -2.08. The molecular formula is C12H10BrNO3S. The van der Waals surface area contributed by atoms with Crippen LogP contribution in [0, 0.1) is 17.0 Å². The van der Waals surface area contributed by atoms with Gasteiger partial charge in [0.25, 0.3) is 5.69 Å². The monoisotopic (exact) mass is 327 g/mol. The van der Waals surface area contributed by atoms with Crippen LogP contribution in [0.4, 0.5) is 5.69 Å². The first-order chi connectivity index (χ1) is 8.58. The van der Waals surface area contributed by atoms with Gasteiger partial charge in [-0.2, -0.15) is 0 Å². The smallest absolute Gasteiger partial charge is 0.269 e. The second-order valence-electron chi connectivity index (χ2n) is 3.69. The van der Waals surface area contributed by atoms with Crippen molar-refractivity contribution in [3.8, 4) is 5.75 Å². The number of ether oxygens (including phenoxy) is 1. The van der Waals surface area contributed by atoms with E-state index in [1.807, 2.05) is 11.4 Å². The third-order valence-corrected chi connectivity index (χ3v) is 4.32. The molecule has 0 radical (unpaired) electrons. The highest BCUT2D eigenvalue weighted by molar-refractivity contribution is 9.10. The molecule has 2 aromatic rings. The van der Waals surface area contributed by atoms with E-state index in [2.05, 4.69) is 15.9 Å². The molecule has 6 heteroatoms. The first-order valence-corrected chi connectivity index (χ1v) is 6.85. The second kappa shape index (κ2) is 5.49. The van der Waals surface area contributed by atoms with Gasteiger partial charge in [0.1, 0.15) is 12.4 Å². The van der Waals surface area contributed by atoms with Crippen molar-refractivity contribution in [2.45, 2.75) is 13.5 Å². The molecule has 1 aromatic heterocycles. The van der Waals surface area contributed by atoms with E-state index >= 15 is 0 Å². The predicted octanol–water partition coefficient (Wildman–Crippen LogP) is 4.31. The topological polar surface area (TPSA) is 52.4 Å². The van der Waals surface area contributed by atoms with Gasteiger partial charge in [0, 0.05) is 16.6 Å². The van der Waals surface area contributed by atoms with Crippen LogP contribution in [0.3, 0.4) is 0 Å². The van der Waals surface area contributed by atoms with E-state index in [0.29, 0.717) is 12.4 Å². The summed E-state index contributed by atoms with van der Waals surface area (Å²) >= 11 is 5.03. The Kier molecular flexibility index (Phi) is 3.98. The zero-order chi connectivity index (χ0) is 13.1. The summed E-state index contributed by atoms with van der Waals surface area (Å²) in [6.45, 7) is 2.25. The largest absolute Gasteiger partial charge is 0.488 e. The number of halogens is 1. The summed E-state index contributed by atoms with van der Waals surface area (Å²) in [4.78, 5) is 11.3. The van der Waals surface area contributed by atoms with E-state index in [4.69, 9.17) is 4.74 Å². The fourth-order valence-corrected chi connectivity index (χ4v) is 2.86. The minimum Gasteiger partial charge on any atom is -0.488 e. The lowest BCUT2D eigenvalue weighted by Crippen LogP contribution is -1.96. The Morgan fingerprint density at radius 2 is 2.22 bits per heavy atom. The molecule has 94 valence electrons. The van der Waals surface area contributed by atoms with Crippen molar-refractivity contribution in [1.29, 1.82) is 0 Å². The first-order valence-electron chi connectivity index (χ1n) is 5.17. The molecule has 4 nitrogen and oxygen atoms in total. The fourth-order valence-electron chi connectivity index (χ4n) is 1.48. The van der Waals surface area contributed by atoms with Crippen LogP contribution in [0.25, 0.3) is 0 Å². The van der Waals surface area contributed by atoms with Gasteiger partial charge >= 0.3 is 0 Å². The standard InChI is InChI=1S/C12H10BrNO3S/c1-8-6-9(14(15)16)2-3-11(8)17-7-12-10(13)4-5-18-12/h2-6H,7H2,1H3. The predicted molar refractivity (Wildman–Crippen MR) is 74.2 cm³/mol. The van der Waals surface area contributed by atoms with E-state index in [0.717, 1.165) is 14.9 Å². The lowest BCUT2D eigenvalue weighted by molar-refractivity contribution is -0.384. The molecule has 0 fully saturated rings. The number of hydrogen-bond acceptors (Lipinski definition) is 4. The summed E-state index contributed by atoms with van der Waals surface area (Å²) in [5, 5.41) is 12.6. The normalized spacial score (nSPS) is 10.3. The molecule has 0 atom stereocenters. The van der Waals surface area contributed by atoms with Crippen LogP contribution in [0.5, 0.6) is 5.75 Å². The lowest BCUT2D eigenvalue weighted by atomic mass is 10.2. The third-order valence-electron chi connectivity index (χ3n) is 2.42. The fraction of sp³-hybridized carbons (Fsp3) is 0.167. The van der Waals surface area contributed by atoms with Gasteiger partial charge in [0.2, 0.25) is 0 Å². The minimum atomic E-state index is -0.410. The van der Waals surface area contributed by atoms with Gasteiger partial charge in [0.15, 0.2) is 0 Å². The quantitative estimate of drug-likeness (QED) is 0.621. The van der Waals surface area contributed by atoms with Crippen molar-refractivity contribution in [3.05, 3.63) is 54.7 Å². The number of aryl methyl sites for hydroxylation is 1. The van der Waals surface area contributed by atoms with E-state index in [9.17, 15) is 10.1 Å². The van der Waals surface area contributed by atoms with Gasteiger partial charge in [-0.15, -0.1) is 11.3 Å². The Labute approximate surface area is 116 Å². The van der Waals surface area contributed by atoms with Crippen molar-refractivity contribution >= 4 is 33.0 Å². The Morgan fingerprint density at radius 3 is 2.78 bits per heavy atom. The molecular weight excluding hydrogens is 318 g/mol. The minimum absolute atomic E-state index is 0.0807. The van der Waals surface area contributed by atoms with Gasteiger partial charge in [-0.3, -0.25) is 10.1 Å². The van der Waals surface area contributed by atoms with Gasteiger partial charge in [-0.25, -0.2) is 0 Å². The highest BCUT2D eigenvalue weighted by Crippen LogP contribution is 2.27. The molecule has 0 amide bonds. The third kappa shape index (κ3) is 2.88. The van der Waals surface area contributed by atoms with E-state index in [1.165, 1.54) is 12.1 Å². The number of hydrogen-bond donors (Lipinski definition) is 0. The van der Waals surface area contributed by atoms with Crippen molar-refractivity contribution in [3.63, 3.8) is 0 Å². The molecule has 0 aliphatic heterocycles. The molecule has 0 N–H and O–H groups in total. The Morgan fingerprint density at radius 1 is 1.44 bits per heavy atom. The van der Waals surface area contributed by atoms with E-state index < -0.39 is 4.92 Å². The molecule has 0 saturated heterocycles. The maximum Gasteiger partial charge on any atom is 0.269 e. The maximum absolute atomic E-state index is 10.6. The van der Waals surface area contributed by atoms with Crippen LogP contribution in [0.15, 0.2) is 34.1 Å². The zero-order valence-corrected chi connectivity index (χ0v) is 12.0. The Hall–Kier alpha value is -1.40. The average Bonchev–Trinajstić information content (AvgIpc) is 2.73. The van der Waals surface area contributed by atoms with E-state index in [-0.39, 0.29) is 5.69 Å². The molecule has 18 heavy (non-hydrogen) atoms.